The predicted molar refractivity (Wildman–Crippen MR) is 80.2 cm³/mol. The maximum absolute atomic E-state index is 10.9. The van der Waals surface area contributed by atoms with Gasteiger partial charge in [0.25, 0.3) is 5.69 Å². The maximum Gasteiger partial charge on any atom is 0.273 e. The minimum Gasteiger partial charge on any atom is -0.489 e. The van der Waals surface area contributed by atoms with E-state index in [1.54, 1.807) is 13.2 Å². The molecule has 2 rings (SSSR count). The fourth-order valence-corrected chi connectivity index (χ4v) is 2.28. The van der Waals surface area contributed by atoms with Crippen LogP contribution >= 0.6 is 0 Å². The number of ether oxygens (including phenoxy) is 2. The van der Waals surface area contributed by atoms with Crippen LogP contribution in [0.15, 0.2) is 18.2 Å². The van der Waals surface area contributed by atoms with Gasteiger partial charge in [-0.15, -0.1) is 0 Å². The molecule has 0 N–H and O–H groups in total. The third-order valence-corrected chi connectivity index (χ3v) is 3.54. The van der Waals surface area contributed by atoms with E-state index in [1.807, 2.05) is 0 Å². The summed E-state index contributed by atoms with van der Waals surface area (Å²) >= 11 is 0. The lowest BCUT2D eigenvalue weighted by atomic mass is 10.2. The molecule has 0 spiro atoms. The smallest absolute Gasteiger partial charge is 0.273 e. The van der Waals surface area contributed by atoms with E-state index >= 15 is 0 Å². The number of rotatable bonds is 6. The lowest BCUT2D eigenvalue weighted by Crippen LogP contribution is -2.44. The molecule has 1 heterocycles. The third kappa shape index (κ3) is 4.05. The first-order valence-electron chi connectivity index (χ1n) is 6.95. The van der Waals surface area contributed by atoms with Crippen molar-refractivity contribution in [2.24, 2.45) is 0 Å². The molecule has 0 radical (unpaired) electrons. The Bertz CT molecular complexity index is 487. The van der Waals surface area contributed by atoms with Crippen LogP contribution in [0.3, 0.4) is 0 Å². The highest BCUT2D eigenvalue weighted by atomic mass is 16.6. The van der Waals surface area contributed by atoms with Crippen molar-refractivity contribution in [2.75, 3.05) is 58.5 Å². The molecule has 7 nitrogen and oxygen atoms in total. The van der Waals surface area contributed by atoms with Crippen molar-refractivity contribution in [3.63, 3.8) is 0 Å². The number of nitro benzene ring substituents is 1. The zero-order valence-electron chi connectivity index (χ0n) is 12.4. The van der Waals surface area contributed by atoms with Gasteiger partial charge in [-0.2, -0.15) is 0 Å². The summed E-state index contributed by atoms with van der Waals surface area (Å²) in [5.74, 6) is 0.547. The highest BCUT2D eigenvalue weighted by Gasteiger charge is 2.20. The molecule has 0 aromatic heterocycles. The van der Waals surface area contributed by atoms with Crippen LogP contribution in [0.25, 0.3) is 0 Å². The van der Waals surface area contributed by atoms with Crippen LogP contribution in [-0.4, -0.2) is 63.4 Å². The molecular formula is C14H21N3O4. The molecule has 116 valence electrons. The number of hydrogen-bond donors (Lipinski definition) is 0. The highest BCUT2D eigenvalue weighted by molar-refractivity contribution is 5.62. The van der Waals surface area contributed by atoms with Crippen molar-refractivity contribution in [2.45, 2.75) is 0 Å². The number of nitrogens with zero attached hydrogens (tertiary/aromatic N) is 3. The molecule has 1 aliphatic heterocycles. The van der Waals surface area contributed by atoms with Crippen molar-refractivity contribution < 1.29 is 14.4 Å². The molecule has 1 aromatic rings. The summed E-state index contributed by atoms with van der Waals surface area (Å²) in [7, 11) is 3.68. The van der Waals surface area contributed by atoms with Gasteiger partial charge in [-0.3, -0.25) is 10.1 Å². The number of hydrogen-bond acceptors (Lipinski definition) is 6. The second kappa shape index (κ2) is 7.24. The molecular weight excluding hydrogens is 274 g/mol. The Balaban J connectivity index is 2.19. The topological polar surface area (TPSA) is 68.1 Å². The molecule has 0 atom stereocenters. The molecule has 1 aromatic carbocycles. The van der Waals surface area contributed by atoms with Crippen molar-refractivity contribution in [1.82, 2.24) is 4.90 Å². The van der Waals surface area contributed by atoms with E-state index in [9.17, 15) is 10.1 Å². The van der Waals surface area contributed by atoms with Crippen LogP contribution in [0, 0.1) is 10.1 Å². The molecule has 0 bridgehead atoms. The first-order chi connectivity index (χ1) is 10.1. The Morgan fingerprint density at radius 2 is 1.95 bits per heavy atom. The minimum atomic E-state index is -0.406. The molecule has 1 aliphatic rings. The van der Waals surface area contributed by atoms with Crippen molar-refractivity contribution in [3.05, 3.63) is 28.3 Å². The van der Waals surface area contributed by atoms with Crippen LogP contribution in [0.5, 0.6) is 5.75 Å². The SMILES string of the molecule is COCCOc1cc([N+](=O)[O-])ccc1N1CCN(C)CC1. The van der Waals surface area contributed by atoms with Gasteiger partial charge >= 0.3 is 0 Å². The Hall–Kier alpha value is -1.86. The monoisotopic (exact) mass is 295 g/mol. The summed E-state index contributed by atoms with van der Waals surface area (Å²) in [4.78, 5) is 15.0. The molecule has 1 saturated heterocycles. The molecule has 7 heteroatoms. The van der Waals surface area contributed by atoms with E-state index in [2.05, 4.69) is 16.8 Å². The van der Waals surface area contributed by atoms with E-state index in [-0.39, 0.29) is 5.69 Å². The Morgan fingerprint density at radius 3 is 2.57 bits per heavy atom. The Labute approximate surface area is 124 Å². The molecule has 21 heavy (non-hydrogen) atoms. The van der Waals surface area contributed by atoms with Gasteiger partial charge in [-0.1, -0.05) is 0 Å². The van der Waals surface area contributed by atoms with Crippen LogP contribution in [0.1, 0.15) is 0 Å². The number of nitro groups is 1. The fraction of sp³-hybridized carbons (Fsp3) is 0.571. The van der Waals surface area contributed by atoms with Gasteiger partial charge in [0.05, 0.1) is 23.3 Å². The Kier molecular flexibility index (Phi) is 5.35. The third-order valence-electron chi connectivity index (χ3n) is 3.54. The lowest BCUT2D eigenvalue weighted by molar-refractivity contribution is -0.384. The van der Waals surface area contributed by atoms with Gasteiger partial charge in [0.2, 0.25) is 0 Å². The molecule has 0 amide bonds. The summed E-state index contributed by atoms with van der Waals surface area (Å²) in [5, 5.41) is 10.9. The second-order valence-corrected chi connectivity index (χ2v) is 5.04. The fourth-order valence-electron chi connectivity index (χ4n) is 2.28. The van der Waals surface area contributed by atoms with Crippen LogP contribution in [0.2, 0.25) is 0 Å². The van der Waals surface area contributed by atoms with Gasteiger partial charge in [0.15, 0.2) is 0 Å². The van der Waals surface area contributed by atoms with Crippen molar-refractivity contribution >= 4 is 11.4 Å². The standard InChI is InChI=1S/C14H21N3O4/c1-15-5-7-16(8-6-15)13-4-3-12(17(18)19)11-14(13)21-10-9-20-2/h3-4,11H,5-10H2,1-2H3. The average Bonchev–Trinajstić information content (AvgIpc) is 2.48. The van der Waals surface area contributed by atoms with Crippen LogP contribution < -0.4 is 9.64 Å². The maximum atomic E-state index is 10.9. The van der Waals surface area contributed by atoms with Gasteiger partial charge < -0.3 is 19.3 Å². The van der Waals surface area contributed by atoms with Gasteiger partial charge in [0, 0.05) is 39.4 Å². The summed E-state index contributed by atoms with van der Waals surface area (Å²) in [5.41, 5.74) is 0.949. The second-order valence-electron chi connectivity index (χ2n) is 5.04. The van der Waals surface area contributed by atoms with Gasteiger partial charge in [-0.25, -0.2) is 0 Å². The van der Waals surface area contributed by atoms with Gasteiger partial charge in [0.1, 0.15) is 12.4 Å². The number of likely N-dealkylation sites (N-methyl/N-ethyl adjacent to an activating group) is 1. The van der Waals surface area contributed by atoms with Crippen molar-refractivity contribution in [3.8, 4) is 5.75 Å². The largest absolute Gasteiger partial charge is 0.489 e. The summed E-state index contributed by atoms with van der Waals surface area (Å²) in [6, 6.07) is 4.78. The molecule has 0 aliphatic carbocycles. The number of methoxy groups -OCH3 is 1. The number of piperazine rings is 1. The van der Waals surface area contributed by atoms with E-state index in [1.165, 1.54) is 12.1 Å². The summed E-state index contributed by atoms with van der Waals surface area (Å²) in [6.45, 7) is 4.52. The predicted octanol–water partition coefficient (Wildman–Crippen LogP) is 1.37. The van der Waals surface area contributed by atoms with Crippen molar-refractivity contribution in [1.29, 1.82) is 0 Å². The van der Waals surface area contributed by atoms with E-state index in [4.69, 9.17) is 9.47 Å². The number of anilines is 1. The normalized spacial score (nSPS) is 16.0. The zero-order valence-corrected chi connectivity index (χ0v) is 12.4. The van der Waals surface area contributed by atoms with Crippen LogP contribution in [0.4, 0.5) is 11.4 Å². The first-order valence-corrected chi connectivity index (χ1v) is 6.95. The summed E-state index contributed by atoms with van der Waals surface area (Å²) < 4.78 is 10.6. The first kappa shape index (κ1) is 15.5. The zero-order chi connectivity index (χ0) is 15.2. The van der Waals surface area contributed by atoms with E-state index < -0.39 is 4.92 Å². The van der Waals surface area contributed by atoms with Gasteiger partial charge in [-0.05, 0) is 13.1 Å². The summed E-state index contributed by atoms with van der Waals surface area (Å²) in [6.07, 6.45) is 0. The minimum absolute atomic E-state index is 0.0419. The molecule has 0 saturated carbocycles. The highest BCUT2D eigenvalue weighted by Crippen LogP contribution is 2.32. The van der Waals surface area contributed by atoms with E-state index in [0.29, 0.717) is 19.0 Å². The quantitative estimate of drug-likeness (QED) is 0.448. The van der Waals surface area contributed by atoms with Crippen LogP contribution in [-0.2, 0) is 4.74 Å². The average molecular weight is 295 g/mol. The number of non-ortho nitro benzene ring substituents is 1. The van der Waals surface area contributed by atoms with E-state index in [0.717, 1.165) is 31.9 Å². The molecule has 0 unspecified atom stereocenters. The molecule has 1 fully saturated rings. The number of benzene rings is 1. The lowest BCUT2D eigenvalue weighted by Gasteiger charge is -2.34. The Morgan fingerprint density at radius 1 is 1.24 bits per heavy atom.